The van der Waals surface area contributed by atoms with Crippen molar-refractivity contribution in [3.8, 4) is 0 Å². The van der Waals surface area contributed by atoms with Crippen molar-refractivity contribution in [3.05, 3.63) is 0 Å². The molecule has 1 aliphatic carbocycles. The van der Waals surface area contributed by atoms with E-state index in [2.05, 4.69) is 10.2 Å². The molecular weight excluding hydrogens is 254 g/mol. The molecule has 2 aliphatic rings. The third-order valence-electron chi connectivity index (χ3n) is 4.75. The summed E-state index contributed by atoms with van der Waals surface area (Å²) >= 11 is 0. The van der Waals surface area contributed by atoms with Gasteiger partial charge in [-0.15, -0.1) is 0 Å². The molecule has 20 heavy (non-hydrogen) atoms. The summed E-state index contributed by atoms with van der Waals surface area (Å²) in [7, 11) is 1.60. The van der Waals surface area contributed by atoms with Gasteiger partial charge in [-0.25, -0.2) is 0 Å². The summed E-state index contributed by atoms with van der Waals surface area (Å²) in [4.78, 5) is 14.5. The SMILES string of the molecule is COC(CN)CC(=O)NC1CCN(C2CCCC2)CC1. The third kappa shape index (κ3) is 4.43. The lowest BCUT2D eigenvalue weighted by Crippen LogP contribution is -2.48. The third-order valence-corrected chi connectivity index (χ3v) is 4.75. The summed E-state index contributed by atoms with van der Waals surface area (Å²) in [6, 6.07) is 1.14. The zero-order valence-corrected chi connectivity index (χ0v) is 12.6. The van der Waals surface area contributed by atoms with E-state index in [4.69, 9.17) is 10.5 Å². The molecule has 0 aromatic heterocycles. The number of hydrogen-bond donors (Lipinski definition) is 2. The van der Waals surface area contributed by atoms with Crippen LogP contribution in [0.25, 0.3) is 0 Å². The molecule has 2 rings (SSSR count). The largest absolute Gasteiger partial charge is 0.380 e. The lowest BCUT2D eigenvalue weighted by Gasteiger charge is -2.36. The van der Waals surface area contributed by atoms with Gasteiger partial charge in [0.05, 0.1) is 12.5 Å². The number of methoxy groups -OCH3 is 1. The van der Waals surface area contributed by atoms with E-state index in [1.165, 1.54) is 25.7 Å². The maximum absolute atomic E-state index is 11.9. The zero-order chi connectivity index (χ0) is 14.4. The molecular formula is C15H29N3O2. The maximum atomic E-state index is 11.9. The minimum absolute atomic E-state index is 0.0709. The van der Waals surface area contributed by atoms with Crippen molar-refractivity contribution in [3.63, 3.8) is 0 Å². The van der Waals surface area contributed by atoms with E-state index in [9.17, 15) is 4.79 Å². The van der Waals surface area contributed by atoms with Crippen molar-refractivity contribution in [2.45, 2.75) is 63.1 Å². The van der Waals surface area contributed by atoms with Crippen LogP contribution in [-0.2, 0) is 9.53 Å². The summed E-state index contributed by atoms with van der Waals surface area (Å²) < 4.78 is 5.15. The van der Waals surface area contributed by atoms with Crippen molar-refractivity contribution < 1.29 is 9.53 Å². The van der Waals surface area contributed by atoms with Gasteiger partial charge in [-0.2, -0.15) is 0 Å². The van der Waals surface area contributed by atoms with Crippen LogP contribution < -0.4 is 11.1 Å². The smallest absolute Gasteiger partial charge is 0.222 e. The van der Waals surface area contributed by atoms with Crippen molar-refractivity contribution in [1.82, 2.24) is 10.2 Å². The van der Waals surface area contributed by atoms with E-state index >= 15 is 0 Å². The second-order valence-corrected chi connectivity index (χ2v) is 6.11. The van der Waals surface area contributed by atoms with Gasteiger partial charge >= 0.3 is 0 Å². The standard InChI is InChI=1S/C15H29N3O2/c1-20-14(11-16)10-15(19)17-12-6-8-18(9-7-12)13-4-2-3-5-13/h12-14H,2-11,16H2,1H3,(H,17,19). The molecule has 3 N–H and O–H groups in total. The van der Waals surface area contributed by atoms with Crippen LogP contribution in [0.2, 0.25) is 0 Å². The summed E-state index contributed by atoms with van der Waals surface area (Å²) in [5, 5.41) is 3.13. The number of rotatable bonds is 6. The van der Waals surface area contributed by atoms with E-state index in [1.54, 1.807) is 7.11 Å². The Labute approximate surface area is 122 Å². The predicted molar refractivity (Wildman–Crippen MR) is 79.5 cm³/mol. The highest BCUT2D eigenvalue weighted by atomic mass is 16.5. The van der Waals surface area contributed by atoms with Crippen LogP contribution in [0, 0.1) is 0 Å². The lowest BCUT2D eigenvalue weighted by atomic mass is 10.0. The molecule has 1 amide bonds. The molecule has 0 aromatic carbocycles. The average molecular weight is 283 g/mol. The van der Waals surface area contributed by atoms with E-state index < -0.39 is 0 Å². The Morgan fingerprint density at radius 2 is 1.95 bits per heavy atom. The second-order valence-electron chi connectivity index (χ2n) is 6.11. The van der Waals surface area contributed by atoms with Crippen molar-refractivity contribution in [2.24, 2.45) is 5.73 Å². The number of nitrogens with two attached hydrogens (primary N) is 1. The van der Waals surface area contributed by atoms with Gasteiger partial charge in [-0.1, -0.05) is 12.8 Å². The first-order valence-corrected chi connectivity index (χ1v) is 7.99. The van der Waals surface area contributed by atoms with Gasteiger partial charge in [-0.3, -0.25) is 4.79 Å². The number of carbonyl (C=O) groups is 1. The highest BCUT2D eigenvalue weighted by Gasteiger charge is 2.27. The predicted octanol–water partition coefficient (Wildman–Crippen LogP) is 0.873. The number of nitrogens with zero attached hydrogens (tertiary/aromatic N) is 1. The van der Waals surface area contributed by atoms with Crippen LogP contribution in [-0.4, -0.2) is 55.7 Å². The molecule has 1 aliphatic heterocycles. The molecule has 5 heteroatoms. The zero-order valence-electron chi connectivity index (χ0n) is 12.6. The fourth-order valence-corrected chi connectivity index (χ4v) is 3.43. The second kappa shape index (κ2) is 7.96. The molecule has 0 spiro atoms. The first-order chi connectivity index (χ1) is 9.72. The first kappa shape index (κ1) is 15.7. The monoisotopic (exact) mass is 283 g/mol. The number of piperidine rings is 1. The van der Waals surface area contributed by atoms with E-state index in [-0.39, 0.29) is 12.0 Å². The Kier molecular flexibility index (Phi) is 6.26. The van der Waals surface area contributed by atoms with Crippen molar-refractivity contribution >= 4 is 5.91 Å². The van der Waals surface area contributed by atoms with Crippen LogP contribution in [0.5, 0.6) is 0 Å². The number of hydrogen-bond acceptors (Lipinski definition) is 4. The van der Waals surface area contributed by atoms with Crippen LogP contribution in [0.1, 0.15) is 44.9 Å². The minimum Gasteiger partial charge on any atom is -0.380 e. The Balaban J connectivity index is 1.67. The number of nitrogens with one attached hydrogen (secondary N) is 1. The highest BCUT2D eigenvalue weighted by molar-refractivity contribution is 5.76. The summed E-state index contributed by atoms with van der Waals surface area (Å²) in [6.07, 6.45) is 7.86. The first-order valence-electron chi connectivity index (χ1n) is 7.99. The molecule has 0 bridgehead atoms. The number of ether oxygens (including phenoxy) is 1. The molecule has 1 saturated carbocycles. The lowest BCUT2D eigenvalue weighted by molar-refractivity contribution is -0.124. The molecule has 116 valence electrons. The molecule has 0 aromatic rings. The van der Waals surface area contributed by atoms with Gasteiger partial charge in [0.1, 0.15) is 0 Å². The normalized spacial score (nSPS) is 23.9. The van der Waals surface area contributed by atoms with Crippen LogP contribution in [0.15, 0.2) is 0 Å². The summed E-state index contributed by atoms with van der Waals surface area (Å²) in [5.41, 5.74) is 5.54. The van der Waals surface area contributed by atoms with Crippen LogP contribution in [0.3, 0.4) is 0 Å². The topological polar surface area (TPSA) is 67.6 Å². The Bertz CT molecular complexity index is 293. The quantitative estimate of drug-likeness (QED) is 0.759. The average Bonchev–Trinajstić information content (AvgIpc) is 2.99. The molecule has 1 heterocycles. The van der Waals surface area contributed by atoms with E-state index in [0.29, 0.717) is 19.0 Å². The number of amides is 1. The molecule has 2 fully saturated rings. The fraction of sp³-hybridized carbons (Fsp3) is 0.933. The number of carbonyl (C=O) groups excluding carboxylic acids is 1. The minimum atomic E-state index is -0.159. The Morgan fingerprint density at radius 1 is 1.30 bits per heavy atom. The summed E-state index contributed by atoms with van der Waals surface area (Å²) in [6.45, 7) is 2.64. The van der Waals surface area contributed by atoms with Gasteiger partial charge in [0.2, 0.25) is 5.91 Å². The highest BCUT2D eigenvalue weighted by Crippen LogP contribution is 2.26. The van der Waals surface area contributed by atoms with Crippen LogP contribution in [0.4, 0.5) is 0 Å². The summed E-state index contributed by atoms with van der Waals surface area (Å²) in [5.74, 6) is 0.0709. The van der Waals surface area contributed by atoms with E-state index in [1.807, 2.05) is 0 Å². The van der Waals surface area contributed by atoms with Gasteiger partial charge < -0.3 is 20.7 Å². The van der Waals surface area contributed by atoms with Crippen LogP contribution >= 0.6 is 0 Å². The van der Waals surface area contributed by atoms with Gasteiger partial charge in [0, 0.05) is 38.8 Å². The van der Waals surface area contributed by atoms with Gasteiger partial charge in [0.25, 0.3) is 0 Å². The Morgan fingerprint density at radius 3 is 2.50 bits per heavy atom. The Hall–Kier alpha value is -0.650. The fourth-order valence-electron chi connectivity index (χ4n) is 3.43. The number of likely N-dealkylation sites (tertiary alicyclic amines) is 1. The van der Waals surface area contributed by atoms with Gasteiger partial charge in [0.15, 0.2) is 0 Å². The molecule has 1 unspecified atom stereocenters. The van der Waals surface area contributed by atoms with E-state index in [0.717, 1.165) is 32.0 Å². The molecule has 1 atom stereocenters. The maximum Gasteiger partial charge on any atom is 0.222 e. The molecule has 1 saturated heterocycles. The van der Waals surface area contributed by atoms with Crippen molar-refractivity contribution in [2.75, 3.05) is 26.7 Å². The van der Waals surface area contributed by atoms with Crippen molar-refractivity contribution in [1.29, 1.82) is 0 Å². The molecule has 5 nitrogen and oxygen atoms in total. The van der Waals surface area contributed by atoms with Gasteiger partial charge in [-0.05, 0) is 25.7 Å². The molecule has 0 radical (unpaired) electrons.